The fraction of sp³-hybridized carbons (Fsp3) is 0.500. The molecule has 0 saturated heterocycles. The second-order valence-electron chi connectivity index (χ2n) is 3.75. The number of aryl methyl sites for hydroxylation is 1. The molecule has 0 N–H and O–H groups in total. The molecule has 1 rings (SSSR count). The first-order chi connectivity index (χ1) is 6.88. The molecular weight excluding hydrogens is 168 g/mol. The topological polar surface area (TPSA) is 0 Å². The smallest absolute Gasteiger partial charge is 0.00903 e. The lowest BCUT2D eigenvalue weighted by Gasteiger charge is -2.06. The van der Waals surface area contributed by atoms with Crippen molar-refractivity contribution in [2.45, 2.75) is 46.0 Å². The first-order valence-electron chi connectivity index (χ1n) is 5.79. The molecule has 0 heteroatoms. The molecule has 0 heterocycles. The summed E-state index contributed by atoms with van der Waals surface area (Å²) in [5, 5.41) is 0. The van der Waals surface area contributed by atoms with Crippen molar-refractivity contribution in [1.82, 2.24) is 0 Å². The Kier molecular flexibility index (Phi) is 5.36. The predicted octanol–water partition coefficient (Wildman–Crippen LogP) is 4.38. The average Bonchev–Trinajstić information content (AvgIpc) is 2.25. The largest absolute Gasteiger partial charge is 0.0654 e. The van der Waals surface area contributed by atoms with Crippen LogP contribution in [0.5, 0.6) is 0 Å². The minimum atomic E-state index is 1.14. The van der Waals surface area contributed by atoms with Gasteiger partial charge in [-0.3, -0.25) is 0 Å². The highest BCUT2D eigenvalue weighted by atomic mass is 14.0. The molecule has 0 aromatic heterocycles. The van der Waals surface area contributed by atoms with Crippen LogP contribution >= 0.6 is 0 Å². The monoisotopic (exact) mass is 189 g/mol. The van der Waals surface area contributed by atoms with E-state index in [0.29, 0.717) is 0 Å². The highest BCUT2D eigenvalue weighted by Crippen LogP contribution is 2.15. The van der Waals surface area contributed by atoms with E-state index in [1.807, 2.05) is 0 Å². The van der Waals surface area contributed by atoms with Crippen LogP contribution in [0.25, 0.3) is 0 Å². The van der Waals surface area contributed by atoms with E-state index < -0.39 is 0 Å². The summed E-state index contributed by atoms with van der Waals surface area (Å²) in [5.41, 5.74) is 2.91. The Morgan fingerprint density at radius 3 is 2.57 bits per heavy atom. The van der Waals surface area contributed by atoms with Crippen molar-refractivity contribution in [3.63, 3.8) is 0 Å². The molecule has 0 spiro atoms. The summed E-state index contributed by atoms with van der Waals surface area (Å²) >= 11 is 0. The zero-order valence-corrected chi connectivity index (χ0v) is 9.42. The quantitative estimate of drug-likeness (QED) is 0.582. The number of benzene rings is 1. The minimum Gasteiger partial charge on any atom is -0.0654 e. The maximum absolute atomic E-state index is 2.38. The molecule has 1 aromatic rings. The third kappa shape index (κ3) is 3.53. The van der Waals surface area contributed by atoms with Crippen molar-refractivity contribution in [2.24, 2.45) is 0 Å². The van der Waals surface area contributed by atoms with Crippen molar-refractivity contribution >= 4 is 0 Å². The van der Waals surface area contributed by atoms with Gasteiger partial charge in [0.2, 0.25) is 0 Å². The maximum Gasteiger partial charge on any atom is -0.00903 e. The molecule has 1 aromatic carbocycles. The van der Waals surface area contributed by atoms with E-state index in [1.54, 1.807) is 0 Å². The molecule has 0 bridgehead atoms. The number of hydrogen-bond donors (Lipinski definition) is 0. The van der Waals surface area contributed by atoms with Gasteiger partial charge in [-0.2, -0.15) is 0 Å². The van der Waals surface area contributed by atoms with Crippen molar-refractivity contribution in [3.05, 3.63) is 41.8 Å². The van der Waals surface area contributed by atoms with Gasteiger partial charge in [0.1, 0.15) is 0 Å². The van der Waals surface area contributed by atoms with Gasteiger partial charge in [0.25, 0.3) is 0 Å². The molecule has 0 fully saturated rings. The number of unbranched alkanes of at least 4 members (excludes halogenated alkanes) is 3. The summed E-state index contributed by atoms with van der Waals surface area (Å²) in [6.07, 6.45) is 8.74. The Morgan fingerprint density at radius 2 is 1.86 bits per heavy atom. The summed E-state index contributed by atoms with van der Waals surface area (Å²) in [6.45, 7) is 4.47. The molecular formula is C14H21. The van der Waals surface area contributed by atoms with E-state index in [9.17, 15) is 0 Å². The van der Waals surface area contributed by atoms with Gasteiger partial charge in [-0.15, -0.1) is 0 Å². The van der Waals surface area contributed by atoms with Crippen LogP contribution in [0, 0.1) is 6.42 Å². The van der Waals surface area contributed by atoms with Gasteiger partial charge in [0, 0.05) is 0 Å². The van der Waals surface area contributed by atoms with Crippen LogP contribution in [0.4, 0.5) is 0 Å². The number of hydrogen-bond acceptors (Lipinski definition) is 0. The van der Waals surface area contributed by atoms with Crippen LogP contribution in [0.3, 0.4) is 0 Å². The third-order valence-corrected chi connectivity index (χ3v) is 2.61. The summed E-state index contributed by atoms with van der Waals surface area (Å²) in [4.78, 5) is 0. The normalized spacial score (nSPS) is 10.4. The highest BCUT2D eigenvalue weighted by Gasteiger charge is 1.98. The van der Waals surface area contributed by atoms with Crippen molar-refractivity contribution in [2.75, 3.05) is 0 Å². The lowest BCUT2D eigenvalue weighted by molar-refractivity contribution is 0.714. The molecule has 0 saturated carbocycles. The molecule has 0 nitrogen and oxygen atoms in total. The summed E-state index contributed by atoms with van der Waals surface area (Å²) < 4.78 is 0. The molecule has 0 aliphatic heterocycles. The van der Waals surface area contributed by atoms with Crippen LogP contribution in [0.15, 0.2) is 24.3 Å². The van der Waals surface area contributed by atoms with E-state index in [0.717, 1.165) is 6.42 Å². The van der Waals surface area contributed by atoms with Gasteiger partial charge in [-0.1, -0.05) is 57.4 Å². The van der Waals surface area contributed by atoms with E-state index in [4.69, 9.17) is 0 Å². The van der Waals surface area contributed by atoms with Crippen LogP contribution in [-0.2, 0) is 6.42 Å². The maximum atomic E-state index is 2.38. The van der Waals surface area contributed by atoms with Gasteiger partial charge in [0.05, 0.1) is 0 Å². The lowest BCUT2D eigenvalue weighted by Crippen LogP contribution is -1.90. The van der Waals surface area contributed by atoms with Crippen LogP contribution in [-0.4, -0.2) is 0 Å². The van der Waals surface area contributed by atoms with Gasteiger partial charge in [-0.25, -0.2) is 0 Å². The SMILES string of the molecule is CCCCC[CH]c1ccccc1CC. The summed E-state index contributed by atoms with van der Waals surface area (Å²) in [5.74, 6) is 0. The second-order valence-corrected chi connectivity index (χ2v) is 3.75. The predicted molar refractivity (Wildman–Crippen MR) is 63.4 cm³/mol. The lowest BCUT2D eigenvalue weighted by atomic mass is 9.99. The standard InChI is InChI=1S/C14H21/c1-3-5-6-7-11-14-12-9-8-10-13(14)4-2/h8-12H,3-7H2,1-2H3. The van der Waals surface area contributed by atoms with Gasteiger partial charge >= 0.3 is 0 Å². The molecule has 1 radical (unpaired) electrons. The summed E-state index contributed by atoms with van der Waals surface area (Å²) in [7, 11) is 0. The van der Waals surface area contributed by atoms with Crippen LogP contribution in [0.1, 0.15) is 50.7 Å². The molecule has 14 heavy (non-hydrogen) atoms. The molecule has 0 amide bonds. The average molecular weight is 189 g/mol. The zero-order chi connectivity index (χ0) is 10.2. The van der Waals surface area contributed by atoms with Crippen molar-refractivity contribution in [3.8, 4) is 0 Å². The van der Waals surface area contributed by atoms with Crippen molar-refractivity contribution < 1.29 is 0 Å². The van der Waals surface area contributed by atoms with E-state index in [1.165, 1.54) is 36.8 Å². The fourth-order valence-electron chi connectivity index (χ4n) is 1.71. The Labute approximate surface area is 88.4 Å². The molecule has 0 aliphatic rings. The van der Waals surface area contributed by atoms with E-state index >= 15 is 0 Å². The Morgan fingerprint density at radius 1 is 1.07 bits per heavy atom. The van der Waals surface area contributed by atoms with Crippen LogP contribution in [0.2, 0.25) is 0 Å². The number of rotatable bonds is 6. The molecule has 0 unspecified atom stereocenters. The molecule has 0 atom stereocenters. The Bertz CT molecular complexity index is 250. The van der Waals surface area contributed by atoms with Gasteiger partial charge in [0.15, 0.2) is 0 Å². The molecule has 77 valence electrons. The van der Waals surface area contributed by atoms with Gasteiger partial charge in [-0.05, 0) is 30.4 Å². The second kappa shape index (κ2) is 6.64. The molecule has 0 aliphatic carbocycles. The highest BCUT2D eigenvalue weighted by molar-refractivity contribution is 5.32. The van der Waals surface area contributed by atoms with Crippen molar-refractivity contribution in [1.29, 1.82) is 0 Å². The first kappa shape index (κ1) is 11.3. The Hall–Kier alpha value is -0.780. The third-order valence-electron chi connectivity index (χ3n) is 2.61. The Balaban J connectivity index is 2.41. The van der Waals surface area contributed by atoms with E-state index in [2.05, 4.69) is 44.5 Å². The van der Waals surface area contributed by atoms with E-state index in [-0.39, 0.29) is 0 Å². The van der Waals surface area contributed by atoms with Crippen LogP contribution < -0.4 is 0 Å². The minimum absolute atomic E-state index is 1.14. The first-order valence-corrected chi connectivity index (χ1v) is 5.79. The van der Waals surface area contributed by atoms with Gasteiger partial charge < -0.3 is 0 Å². The zero-order valence-electron chi connectivity index (χ0n) is 9.42. The fourth-order valence-corrected chi connectivity index (χ4v) is 1.71. The summed E-state index contributed by atoms with van der Waals surface area (Å²) in [6, 6.07) is 8.71.